The molecule has 140 valence electrons. The van der Waals surface area contributed by atoms with Crippen molar-refractivity contribution in [2.45, 2.75) is 25.4 Å². The SMILES string of the molecule is Cn1cccc1C(=O)NCC1CN(CC2CCOCC2)Cc2ccnn21. The number of aromatic nitrogens is 3. The Morgan fingerprint density at radius 1 is 1.35 bits per heavy atom. The molecular weight excluding hydrogens is 330 g/mol. The molecule has 1 saturated heterocycles. The van der Waals surface area contributed by atoms with E-state index in [1.54, 1.807) is 0 Å². The second-order valence-corrected chi connectivity index (χ2v) is 7.39. The van der Waals surface area contributed by atoms with Crippen LogP contribution in [-0.2, 0) is 18.3 Å². The number of fused-ring (bicyclic) bond motifs is 1. The molecule has 26 heavy (non-hydrogen) atoms. The smallest absolute Gasteiger partial charge is 0.267 e. The van der Waals surface area contributed by atoms with Gasteiger partial charge in [-0.2, -0.15) is 5.10 Å². The fourth-order valence-electron chi connectivity index (χ4n) is 4.05. The highest BCUT2D eigenvalue weighted by Crippen LogP contribution is 2.23. The van der Waals surface area contributed by atoms with E-state index in [9.17, 15) is 4.79 Å². The summed E-state index contributed by atoms with van der Waals surface area (Å²) in [6, 6.07) is 5.98. The maximum Gasteiger partial charge on any atom is 0.267 e. The van der Waals surface area contributed by atoms with Crippen LogP contribution >= 0.6 is 0 Å². The second kappa shape index (κ2) is 7.63. The van der Waals surface area contributed by atoms with Gasteiger partial charge in [0.05, 0.1) is 11.7 Å². The van der Waals surface area contributed by atoms with Crippen molar-refractivity contribution >= 4 is 5.91 Å². The number of aryl methyl sites for hydroxylation is 1. The van der Waals surface area contributed by atoms with Crippen LogP contribution < -0.4 is 5.32 Å². The standard InChI is InChI=1S/C19H27N5O2/c1-22-8-2-3-18(22)19(25)20-11-17-14-23(12-15-5-9-26-10-6-15)13-16-4-7-21-24(16)17/h2-4,7-8,15,17H,5-6,9-14H2,1H3,(H,20,25). The molecule has 1 N–H and O–H groups in total. The van der Waals surface area contributed by atoms with Gasteiger partial charge in [0.1, 0.15) is 5.69 Å². The molecule has 0 bridgehead atoms. The van der Waals surface area contributed by atoms with Crippen molar-refractivity contribution in [3.05, 3.63) is 42.0 Å². The molecule has 1 amide bonds. The van der Waals surface area contributed by atoms with Gasteiger partial charge < -0.3 is 14.6 Å². The largest absolute Gasteiger partial charge is 0.381 e. The topological polar surface area (TPSA) is 64.3 Å². The summed E-state index contributed by atoms with van der Waals surface area (Å²) in [6.45, 7) is 5.29. The van der Waals surface area contributed by atoms with Gasteiger partial charge in [0.25, 0.3) is 5.91 Å². The summed E-state index contributed by atoms with van der Waals surface area (Å²) < 4.78 is 9.40. The third kappa shape index (κ3) is 3.68. The summed E-state index contributed by atoms with van der Waals surface area (Å²) in [6.07, 6.45) is 6.03. The zero-order chi connectivity index (χ0) is 17.9. The van der Waals surface area contributed by atoms with Crippen LogP contribution in [0.25, 0.3) is 0 Å². The molecule has 1 unspecified atom stereocenters. The highest BCUT2D eigenvalue weighted by Gasteiger charge is 2.28. The molecule has 7 heteroatoms. The molecule has 7 nitrogen and oxygen atoms in total. The Hall–Kier alpha value is -2.12. The Balaban J connectivity index is 1.40. The zero-order valence-electron chi connectivity index (χ0n) is 15.3. The highest BCUT2D eigenvalue weighted by molar-refractivity contribution is 5.92. The quantitative estimate of drug-likeness (QED) is 0.879. The molecular formula is C19H27N5O2. The third-order valence-electron chi connectivity index (χ3n) is 5.48. The van der Waals surface area contributed by atoms with Gasteiger partial charge >= 0.3 is 0 Å². The first-order chi connectivity index (χ1) is 12.7. The van der Waals surface area contributed by atoms with Crippen LogP contribution in [0.3, 0.4) is 0 Å². The first-order valence-corrected chi connectivity index (χ1v) is 9.42. The average molecular weight is 357 g/mol. The van der Waals surface area contributed by atoms with Crippen molar-refractivity contribution in [3.8, 4) is 0 Å². The van der Waals surface area contributed by atoms with Crippen LogP contribution in [0.1, 0.15) is 35.1 Å². The molecule has 2 aliphatic rings. The first-order valence-electron chi connectivity index (χ1n) is 9.42. The number of hydrogen-bond acceptors (Lipinski definition) is 4. The molecule has 2 aromatic heterocycles. The predicted octanol–water partition coefficient (Wildman–Crippen LogP) is 1.43. The van der Waals surface area contributed by atoms with Crippen molar-refractivity contribution in [2.24, 2.45) is 13.0 Å². The lowest BCUT2D eigenvalue weighted by atomic mass is 9.99. The first kappa shape index (κ1) is 17.3. The average Bonchev–Trinajstić information content (AvgIpc) is 3.29. The third-order valence-corrected chi connectivity index (χ3v) is 5.48. The van der Waals surface area contributed by atoms with E-state index in [0.29, 0.717) is 18.2 Å². The molecule has 0 spiro atoms. The van der Waals surface area contributed by atoms with E-state index in [-0.39, 0.29) is 11.9 Å². The fourth-order valence-corrected chi connectivity index (χ4v) is 4.05. The summed E-state index contributed by atoms with van der Waals surface area (Å²) >= 11 is 0. The summed E-state index contributed by atoms with van der Waals surface area (Å²) in [5, 5.41) is 7.57. The van der Waals surface area contributed by atoms with Crippen molar-refractivity contribution in [1.82, 2.24) is 24.6 Å². The zero-order valence-corrected chi connectivity index (χ0v) is 15.3. The van der Waals surface area contributed by atoms with Crippen molar-refractivity contribution < 1.29 is 9.53 Å². The molecule has 1 atom stereocenters. The Morgan fingerprint density at radius 2 is 2.19 bits per heavy atom. The van der Waals surface area contributed by atoms with Crippen LogP contribution in [0.4, 0.5) is 0 Å². The van der Waals surface area contributed by atoms with Crippen LogP contribution in [0, 0.1) is 5.92 Å². The minimum Gasteiger partial charge on any atom is -0.381 e. The number of nitrogens with zero attached hydrogens (tertiary/aromatic N) is 4. The monoisotopic (exact) mass is 357 g/mol. The number of carbonyl (C=O) groups is 1. The lowest BCUT2D eigenvalue weighted by Crippen LogP contribution is -2.45. The maximum absolute atomic E-state index is 12.4. The molecule has 2 aromatic rings. The highest BCUT2D eigenvalue weighted by atomic mass is 16.5. The lowest BCUT2D eigenvalue weighted by molar-refractivity contribution is 0.0445. The Morgan fingerprint density at radius 3 is 2.96 bits per heavy atom. The van der Waals surface area contributed by atoms with Gasteiger partial charge in [-0.15, -0.1) is 0 Å². The molecule has 0 saturated carbocycles. The van der Waals surface area contributed by atoms with Gasteiger partial charge in [-0.3, -0.25) is 14.4 Å². The normalized spacial score (nSPS) is 21.5. The van der Waals surface area contributed by atoms with E-state index in [1.807, 2.05) is 36.1 Å². The summed E-state index contributed by atoms with van der Waals surface area (Å²) in [4.78, 5) is 14.9. The van der Waals surface area contributed by atoms with Crippen molar-refractivity contribution in [3.63, 3.8) is 0 Å². The Bertz CT molecular complexity index is 747. The fraction of sp³-hybridized carbons (Fsp3) is 0.579. The van der Waals surface area contributed by atoms with E-state index in [0.717, 1.165) is 45.7 Å². The van der Waals surface area contributed by atoms with Gasteiger partial charge in [0, 0.05) is 58.8 Å². The number of carbonyl (C=O) groups excluding carboxylic acids is 1. The molecule has 1 fully saturated rings. The molecule has 0 aliphatic carbocycles. The lowest BCUT2D eigenvalue weighted by Gasteiger charge is -2.36. The molecule has 4 heterocycles. The second-order valence-electron chi connectivity index (χ2n) is 7.39. The summed E-state index contributed by atoms with van der Waals surface area (Å²) in [5.74, 6) is 0.671. The van der Waals surface area contributed by atoms with Crippen LogP contribution in [0.15, 0.2) is 30.6 Å². The van der Waals surface area contributed by atoms with E-state index in [1.165, 1.54) is 5.69 Å². The number of amides is 1. The Kier molecular flexibility index (Phi) is 5.08. The number of ether oxygens (including phenoxy) is 1. The summed E-state index contributed by atoms with van der Waals surface area (Å²) in [7, 11) is 1.89. The number of rotatable bonds is 5. The number of nitrogens with one attached hydrogen (secondary N) is 1. The summed E-state index contributed by atoms with van der Waals surface area (Å²) in [5.41, 5.74) is 1.90. The molecule has 0 radical (unpaired) electrons. The Labute approximate surface area is 153 Å². The van der Waals surface area contributed by atoms with Crippen molar-refractivity contribution in [1.29, 1.82) is 0 Å². The maximum atomic E-state index is 12.4. The van der Waals surface area contributed by atoms with Crippen molar-refractivity contribution in [2.75, 3.05) is 32.8 Å². The van der Waals surface area contributed by atoms with Gasteiger partial charge in [0.15, 0.2) is 0 Å². The van der Waals surface area contributed by atoms with E-state index < -0.39 is 0 Å². The predicted molar refractivity (Wildman–Crippen MR) is 97.8 cm³/mol. The van der Waals surface area contributed by atoms with Gasteiger partial charge in [-0.1, -0.05) is 0 Å². The van der Waals surface area contributed by atoms with E-state index in [4.69, 9.17) is 4.74 Å². The van der Waals surface area contributed by atoms with E-state index in [2.05, 4.69) is 26.1 Å². The minimum absolute atomic E-state index is 0.0345. The van der Waals surface area contributed by atoms with Gasteiger partial charge in [0.2, 0.25) is 0 Å². The van der Waals surface area contributed by atoms with Crippen LogP contribution in [0.5, 0.6) is 0 Å². The molecule has 2 aliphatic heterocycles. The minimum atomic E-state index is -0.0345. The van der Waals surface area contributed by atoms with Crippen LogP contribution in [-0.4, -0.2) is 58.0 Å². The van der Waals surface area contributed by atoms with E-state index >= 15 is 0 Å². The molecule has 0 aromatic carbocycles. The van der Waals surface area contributed by atoms with Gasteiger partial charge in [-0.05, 0) is 37.0 Å². The van der Waals surface area contributed by atoms with Crippen LogP contribution in [0.2, 0.25) is 0 Å². The van der Waals surface area contributed by atoms with Gasteiger partial charge in [-0.25, -0.2) is 0 Å². The molecule has 4 rings (SSSR count). The number of hydrogen-bond donors (Lipinski definition) is 1.